The van der Waals surface area contributed by atoms with Crippen molar-refractivity contribution in [2.45, 2.75) is 66.0 Å². The number of hydrogen-bond donors (Lipinski definition) is 2. The number of hydrogen-bond acceptors (Lipinski definition) is 3. The van der Waals surface area contributed by atoms with Crippen LogP contribution in [0.2, 0.25) is 0 Å². The zero-order valence-electron chi connectivity index (χ0n) is 16.3. The molecule has 25 heavy (non-hydrogen) atoms. The fourth-order valence-corrected chi connectivity index (χ4v) is 2.43. The Morgan fingerprint density at radius 3 is 2.16 bits per heavy atom. The summed E-state index contributed by atoms with van der Waals surface area (Å²) in [5.74, 6) is -0.0187. The summed E-state index contributed by atoms with van der Waals surface area (Å²) in [5.41, 5.74) is 0.485. The zero-order valence-corrected chi connectivity index (χ0v) is 16.3. The quantitative estimate of drug-likeness (QED) is 0.757. The zero-order chi connectivity index (χ0) is 19.1. The Hall–Kier alpha value is -2.04. The number of amides is 2. The molecule has 0 fully saturated rings. The van der Waals surface area contributed by atoms with Gasteiger partial charge in [0.1, 0.15) is 5.60 Å². The number of ether oxygens (including phenoxy) is 1. The van der Waals surface area contributed by atoms with Crippen molar-refractivity contribution in [3.63, 3.8) is 0 Å². The van der Waals surface area contributed by atoms with Crippen LogP contribution in [-0.4, -0.2) is 24.1 Å². The second-order valence-electron chi connectivity index (χ2n) is 8.31. The molecule has 0 heterocycles. The van der Waals surface area contributed by atoms with Gasteiger partial charge in [-0.1, -0.05) is 51.1 Å². The highest BCUT2D eigenvalue weighted by atomic mass is 16.6. The molecule has 0 aliphatic rings. The summed E-state index contributed by atoms with van der Waals surface area (Å²) >= 11 is 0. The van der Waals surface area contributed by atoms with Crippen LogP contribution in [0.25, 0.3) is 0 Å². The van der Waals surface area contributed by atoms with E-state index in [4.69, 9.17) is 4.74 Å². The van der Waals surface area contributed by atoms with Gasteiger partial charge in [-0.2, -0.15) is 0 Å². The summed E-state index contributed by atoms with van der Waals surface area (Å²) in [4.78, 5) is 23.9. The predicted molar refractivity (Wildman–Crippen MR) is 100 cm³/mol. The summed E-state index contributed by atoms with van der Waals surface area (Å²) in [5, 5.41) is 5.79. The third kappa shape index (κ3) is 8.57. The maximum Gasteiger partial charge on any atom is 0.407 e. The van der Waals surface area contributed by atoms with Gasteiger partial charge in [-0.3, -0.25) is 4.79 Å². The maximum atomic E-state index is 12.3. The third-order valence-corrected chi connectivity index (χ3v) is 3.55. The van der Waals surface area contributed by atoms with Crippen molar-refractivity contribution >= 4 is 12.0 Å². The molecule has 2 amide bonds. The van der Waals surface area contributed by atoms with Crippen LogP contribution in [0.4, 0.5) is 4.79 Å². The smallest absolute Gasteiger partial charge is 0.407 e. The van der Waals surface area contributed by atoms with Crippen LogP contribution in [0.5, 0.6) is 0 Å². The van der Waals surface area contributed by atoms with Gasteiger partial charge in [-0.25, -0.2) is 4.79 Å². The Morgan fingerprint density at radius 2 is 1.64 bits per heavy atom. The van der Waals surface area contributed by atoms with Crippen molar-refractivity contribution in [2.24, 2.45) is 5.41 Å². The van der Waals surface area contributed by atoms with E-state index < -0.39 is 11.7 Å². The fourth-order valence-electron chi connectivity index (χ4n) is 2.43. The molecule has 0 spiro atoms. The minimum absolute atomic E-state index is 0.0187. The molecule has 0 aliphatic heterocycles. The average molecular weight is 348 g/mol. The van der Waals surface area contributed by atoms with Gasteiger partial charge in [0.25, 0.3) is 0 Å². The summed E-state index contributed by atoms with van der Waals surface area (Å²) < 4.78 is 5.16. The molecule has 0 radical (unpaired) electrons. The summed E-state index contributed by atoms with van der Waals surface area (Å²) in [6, 6.07) is 9.92. The van der Waals surface area contributed by atoms with Gasteiger partial charge in [0.05, 0.1) is 6.04 Å². The molecule has 1 aromatic rings. The Morgan fingerprint density at radius 1 is 1.04 bits per heavy atom. The molecule has 140 valence electrons. The van der Waals surface area contributed by atoms with Crippen molar-refractivity contribution in [1.29, 1.82) is 0 Å². The fraction of sp³-hybridized carbons (Fsp3) is 0.600. The summed E-state index contributed by atoms with van der Waals surface area (Å²) in [6.07, 6.45) is 0.469. The van der Waals surface area contributed by atoms with E-state index in [9.17, 15) is 9.59 Å². The molecule has 1 unspecified atom stereocenters. The first-order valence-electron chi connectivity index (χ1n) is 8.80. The van der Waals surface area contributed by atoms with Gasteiger partial charge in [0.15, 0.2) is 0 Å². The number of benzene rings is 1. The van der Waals surface area contributed by atoms with Crippen molar-refractivity contribution in [1.82, 2.24) is 10.6 Å². The lowest BCUT2D eigenvalue weighted by molar-refractivity contribution is -0.122. The molecule has 0 aliphatic carbocycles. The lowest BCUT2D eigenvalue weighted by Crippen LogP contribution is -2.37. The molecule has 1 rings (SSSR count). The highest BCUT2D eigenvalue weighted by Crippen LogP contribution is 2.32. The van der Waals surface area contributed by atoms with E-state index >= 15 is 0 Å². The Labute approximate surface area is 151 Å². The van der Waals surface area contributed by atoms with Crippen LogP contribution in [0.1, 0.15) is 66.0 Å². The first kappa shape index (κ1) is 21.0. The number of rotatable bonds is 6. The van der Waals surface area contributed by atoms with Gasteiger partial charge >= 0.3 is 6.09 Å². The van der Waals surface area contributed by atoms with E-state index in [1.54, 1.807) is 0 Å². The standard InChI is InChI=1S/C20H32N2O3/c1-19(2,3)17(15-11-8-7-9-12-15)22-16(23)13-10-14-21-18(24)25-20(4,5)6/h7-9,11-12,17H,10,13-14H2,1-6H3,(H,21,24)(H,22,23). The summed E-state index contributed by atoms with van der Waals surface area (Å²) in [6.45, 7) is 12.2. The minimum atomic E-state index is -0.517. The van der Waals surface area contributed by atoms with E-state index in [0.29, 0.717) is 19.4 Å². The van der Waals surface area contributed by atoms with E-state index in [1.165, 1.54) is 0 Å². The highest BCUT2D eigenvalue weighted by Gasteiger charge is 2.27. The predicted octanol–water partition coefficient (Wildman–Crippen LogP) is 4.19. The third-order valence-electron chi connectivity index (χ3n) is 3.55. The van der Waals surface area contributed by atoms with E-state index in [1.807, 2.05) is 51.1 Å². The van der Waals surface area contributed by atoms with Crippen LogP contribution in [0, 0.1) is 5.41 Å². The van der Waals surface area contributed by atoms with E-state index in [2.05, 4.69) is 31.4 Å². The SMILES string of the molecule is CC(C)(C)OC(=O)NCCCC(=O)NC(c1ccccc1)C(C)(C)C. The number of alkyl carbamates (subject to hydrolysis) is 1. The largest absolute Gasteiger partial charge is 0.444 e. The first-order valence-corrected chi connectivity index (χ1v) is 8.80. The lowest BCUT2D eigenvalue weighted by atomic mass is 9.82. The van der Waals surface area contributed by atoms with Crippen LogP contribution < -0.4 is 10.6 Å². The second kappa shape index (κ2) is 8.88. The van der Waals surface area contributed by atoms with Crippen molar-refractivity contribution in [3.8, 4) is 0 Å². The second-order valence-corrected chi connectivity index (χ2v) is 8.31. The Balaban J connectivity index is 2.45. The van der Waals surface area contributed by atoms with E-state index in [-0.39, 0.29) is 17.4 Å². The maximum absolute atomic E-state index is 12.3. The van der Waals surface area contributed by atoms with Crippen molar-refractivity contribution in [2.75, 3.05) is 6.54 Å². The van der Waals surface area contributed by atoms with Gasteiger partial charge in [-0.05, 0) is 38.2 Å². The van der Waals surface area contributed by atoms with Crippen LogP contribution in [0.15, 0.2) is 30.3 Å². The van der Waals surface area contributed by atoms with Crippen molar-refractivity contribution in [3.05, 3.63) is 35.9 Å². The molecule has 0 bridgehead atoms. The Kier molecular flexibility index (Phi) is 7.46. The average Bonchev–Trinajstić information content (AvgIpc) is 2.47. The monoisotopic (exact) mass is 348 g/mol. The van der Waals surface area contributed by atoms with Gasteiger partial charge in [0.2, 0.25) is 5.91 Å². The lowest BCUT2D eigenvalue weighted by Gasteiger charge is -2.32. The van der Waals surface area contributed by atoms with Gasteiger partial charge < -0.3 is 15.4 Å². The van der Waals surface area contributed by atoms with Crippen LogP contribution >= 0.6 is 0 Å². The van der Waals surface area contributed by atoms with E-state index in [0.717, 1.165) is 5.56 Å². The molecule has 5 heteroatoms. The molecule has 5 nitrogen and oxygen atoms in total. The normalized spacial score (nSPS) is 13.0. The highest BCUT2D eigenvalue weighted by molar-refractivity contribution is 5.76. The van der Waals surface area contributed by atoms with Gasteiger partial charge in [0, 0.05) is 13.0 Å². The number of nitrogens with one attached hydrogen (secondary N) is 2. The van der Waals surface area contributed by atoms with Crippen molar-refractivity contribution < 1.29 is 14.3 Å². The van der Waals surface area contributed by atoms with Crippen LogP contribution in [-0.2, 0) is 9.53 Å². The molecule has 2 N–H and O–H groups in total. The molecular formula is C20H32N2O3. The number of carbonyl (C=O) groups is 2. The molecular weight excluding hydrogens is 316 g/mol. The number of carbonyl (C=O) groups excluding carboxylic acids is 2. The molecule has 1 atom stereocenters. The van der Waals surface area contributed by atoms with Crippen LogP contribution in [0.3, 0.4) is 0 Å². The topological polar surface area (TPSA) is 67.4 Å². The molecule has 0 saturated carbocycles. The first-order chi connectivity index (χ1) is 11.5. The molecule has 1 aromatic carbocycles. The summed E-state index contributed by atoms with van der Waals surface area (Å²) in [7, 11) is 0. The Bertz CT molecular complexity index is 557. The van der Waals surface area contributed by atoms with Gasteiger partial charge in [-0.15, -0.1) is 0 Å². The molecule has 0 saturated heterocycles. The minimum Gasteiger partial charge on any atom is -0.444 e. The molecule has 0 aromatic heterocycles.